The fourth-order valence-corrected chi connectivity index (χ4v) is 4.81. The van der Waals surface area contributed by atoms with Gasteiger partial charge in [-0.3, -0.25) is 0 Å². The number of aromatic nitrogens is 2. The number of esters is 1. The minimum Gasteiger partial charge on any atom is -0.461 e. The van der Waals surface area contributed by atoms with Gasteiger partial charge in [0.2, 0.25) is 0 Å². The van der Waals surface area contributed by atoms with Crippen LogP contribution in [0.25, 0.3) is 16.9 Å². The maximum absolute atomic E-state index is 12.3. The molecular formula is C17H14N2O2S2. The molecular weight excluding hydrogens is 328 g/mol. The summed E-state index contributed by atoms with van der Waals surface area (Å²) in [5.74, 6) is 0.391. The summed E-state index contributed by atoms with van der Waals surface area (Å²) in [5.41, 5.74) is 4.49. The molecule has 0 saturated heterocycles. The van der Waals surface area contributed by atoms with Crippen LogP contribution in [0.1, 0.15) is 23.0 Å². The van der Waals surface area contributed by atoms with Crippen molar-refractivity contribution >= 4 is 29.1 Å². The quantitative estimate of drug-likeness (QED) is 0.663. The Labute approximate surface area is 142 Å². The number of fused-ring (bicyclic) bond motifs is 3. The molecule has 4 nitrogen and oxygen atoms in total. The molecule has 0 saturated carbocycles. The molecule has 0 radical (unpaired) electrons. The van der Waals surface area contributed by atoms with E-state index in [0.717, 1.165) is 28.3 Å². The van der Waals surface area contributed by atoms with Gasteiger partial charge in [-0.15, -0.1) is 23.1 Å². The van der Waals surface area contributed by atoms with E-state index in [9.17, 15) is 4.79 Å². The first-order chi connectivity index (χ1) is 11.3. The van der Waals surface area contributed by atoms with E-state index < -0.39 is 0 Å². The van der Waals surface area contributed by atoms with Crippen LogP contribution in [0.15, 0.2) is 46.0 Å². The standard InChI is InChI=1S/C17H14N2O2S2/c1-2-21-16(20)14-13-10-23-17-12(8-9-22-17)15(13)19(18-14)11-6-4-3-5-7-11/h3-9H,2,10H2,1H3. The smallest absolute Gasteiger partial charge is 0.359 e. The van der Waals surface area contributed by atoms with E-state index in [2.05, 4.69) is 16.5 Å². The van der Waals surface area contributed by atoms with Gasteiger partial charge in [0, 0.05) is 16.9 Å². The zero-order chi connectivity index (χ0) is 15.8. The fraction of sp³-hybridized carbons (Fsp3) is 0.176. The third kappa shape index (κ3) is 2.38. The van der Waals surface area contributed by atoms with Crippen LogP contribution < -0.4 is 0 Å². The third-order valence-corrected chi connectivity index (χ3v) is 5.95. The predicted octanol–water partition coefficient (Wildman–Crippen LogP) is 4.38. The van der Waals surface area contributed by atoms with Crippen molar-refractivity contribution in [3.8, 4) is 16.9 Å². The minimum absolute atomic E-state index is 0.349. The molecule has 23 heavy (non-hydrogen) atoms. The van der Waals surface area contributed by atoms with Crippen LogP contribution >= 0.6 is 23.1 Å². The summed E-state index contributed by atoms with van der Waals surface area (Å²) in [6.07, 6.45) is 0. The Kier molecular flexibility index (Phi) is 3.71. The lowest BCUT2D eigenvalue weighted by molar-refractivity contribution is 0.0518. The van der Waals surface area contributed by atoms with Gasteiger partial charge < -0.3 is 4.74 Å². The van der Waals surface area contributed by atoms with Crippen molar-refractivity contribution in [1.82, 2.24) is 9.78 Å². The zero-order valence-electron chi connectivity index (χ0n) is 12.5. The van der Waals surface area contributed by atoms with Crippen LogP contribution in [-0.4, -0.2) is 22.4 Å². The average Bonchev–Trinajstić information content (AvgIpc) is 3.19. The van der Waals surface area contributed by atoms with Crippen LogP contribution in [0, 0.1) is 0 Å². The molecule has 0 aliphatic carbocycles. The summed E-state index contributed by atoms with van der Waals surface area (Å²) in [6.45, 7) is 2.16. The molecule has 1 aromatic carbocycles. The Morgan fingerprint density at radius 2 is 2.13 bits per heavy atom. The lowest BCUT2D eigenvalue weighted by Crippen LogP contribution is -2.08. The van der Waals surface area contributed by atoms with Crippen LogP contribution in [0.3, 0.4) is 0 Å². The van der Waals surface area contributed by atoms with Gasteiger partial charge in [-0.1, -0.05) is 18.2 Å². The van der Waals surface area contributed by atoms with Gasteiger partial charge in [0.25, 0.3) is 0 Å². The summed E-state index contributed by atoms with van der Waals surface area (Å²) in [5, 5.41) is 6.67. The van der Waals surface area contributed by atoms with Crippen molar-refractivity contribution < 1.29 is 9.53 Å². The fourth-order valence-electron chi connectivity index (χ4n) is 2.70. The molecule has 0 N–H and O–H groups in total. The number of benzene rings is 1. The Bertz CT molecular complexity index is 868. The van der Waals surface area contributed by atoms with Crippen LogP contribution in [0.4, 0.5) is 0 Å². The van der Waals surface area contributed by atoms with Crippen LogP contribution in [0.5, 0.6) is 0 Å². The van der Waals surface area contributed by atoms with E-state index in [1.807, 2.05) is 41.9 Å². The number of carbonyl (C=O) groups excluding carboxylic acids is 1. The lowest BCUT2D eigenvalue weighted by Gasteiger charge is -2.14. The molecule has 6 heteroatoms. The van der Waals surface area contributed by atoms with Gasteiger partial charge in [0.15, 0.2) is 5.69 Å². The molecule has 3 aromatic rings. The molecule has 1 aliphatic heterocycles. The van der Waals surface area contributed by atoms with Crippen LogP contribution in [-0.2, 0) is 10.5 Å². The second-order valence-electron chi connectivity index (χ2n) is 5.05. The Morgan fingerprint density at radius 3 is 2.91 bits per heavy atom. The second kappa shape index (κ2) is 5.86. The summed E-state index contributed by atoms with van der Waals surface area (Å²) in [4.78, 5) is 12.3. The van der Waals surface area contributed by atoms with Gasteiger partial charge >= 0.3 is 5.97 Å². The van der Waals surface area contributed by atoms with E-state index in [1.165, 1.54) is 4.21 Å². The molecule has 4 rings (SSSR count). The number of hydrogen-bond acceptors (Lipinski definition) is 5. The number of thioether (sulfide) groups is 1. The maximum Gasteiger partial charge on any atom is 0.359 e. The summed E-state index contributed by atoms with van der Waals surface area (Å²) in [7, 11) is 0. The van der Waals surface area contributed by atoms with E-state index in [0.29, 0.717) is 12.3 Å². The van der Waals surface area contributed by atoms with Crippen molar-refractivity contribution in [3.63, 3.8) is 0 Å². The van der Waals surface area contributed by atoms with Gasteiger partial charge in [-0.05, 0) is 30.5 Å². The SMILES string of the molecule is CCOC(=O)c1nn(-c2ccccc2)c2c1CSc1sccc1-2. The second-order valence-corrected chi connectivity index (χ2v) is 7.21. The van der Waals surface area contributed by atoms with Crippen molar-refractivity contribution in [1.29, 1.82) is 0 Å². The third-order valence-electron chi connectivity index (χ3n) is 3.69. The monoisotopic (exact) mass is 342 g/mol. The van der Waals surface area contributed by atoms with E-state index in [4.69, 9.17) is 4.74 Å². The molecule has 1 aliphatic rings. The van der Waals surface area contributed by atoms with Gasteiger partial charge in [0.1, 0.15) is 0 Å². The molecule has 0 unspecified atom stereocenters. The van der Waals surface area contributed by atoms with Crippen LogP contribution in [0.2, 0.25) is 0 Å². The van der Waals surface area contributed by atoms with Gasteiger partial charge in [-0.25, -0.2) is 9.48 Å². The largest absolute Gasteiger partial charge is 0.461 e. The highest BCUT2D eigenvalue weighted by Crippen LogP contribution is 2.46. The van der Waals surface area contributed by atoms with Crippen molar-refractivity contribution in [3.05, 3.63) is 53.0 Å². The summed E-state index contributed by atoms with van der Waals surface area (Å²) in [6, 6.07) is 12.0. The van der Waals surface area contributed by atoms with Crippen molar-refractivity contribution in [2.24, 2.45) is 0 Å². The number of nitrogens with zero attached hydrogens (tertiary/aromatic N) is 2. The van der Waals surface area contributed by atoms with E-state index >= 15 is 0 Å². The topological polar surface area (TPSA) is 44.1 Å². The van der Waals surface area contributed by atoms with Crippen molar-refractivity contribution in [2.75, 3.05) is 6.61 Å². The molecule has 0 amide bonds. The highest BCUT2D eigenvalue weighted by Gasteiger charge is 2.30. The molecule has 0 bridgehead atoms. The number of carbonyl (C=O) groups is 1. The van der Waals surface area contributed by atoms with Crippen molar-refractivity contribution in [2.45, 2.75) is 16.9 Å². The molecule has 0 fully saturated rings. The first-order valence-electron chi connectivity index (χ1n) is 7.34. The highest BCUT2D eigenvalue weighted by molar-refractivity contribution is 8.00. The Hall–Kier alpha value is -2.05. The average molecular weight is 342 g/mol. The molecule has 116 valence electrons. The molecule has 3 heterocycles. The minimum atomic E-state index is -0.349. The normalized spacial score (nSPS) is 12.6. The highest BCUT2D eigenvalue weighted by atomic mass is 32.2. The number of thiophene rings is 1. The lowest BCUT2D eigenvalue weighted by atomic mass is 10.1. The van der Waals surface area contributed by atoms with E-state index in [1.54, 1.807) is 23.1 Å². The number of ether oxygens (including phenoxy) is 1. The molecule has 0 spiro atoms. The maximum atomic E-state index is 12.3. The molecule has 0 atom stereocenters. The number of hydrogen-bond donors (Lipinski definition) is 0. The summed E-state index contributed by atoms with van der Waals surface area (Å²) >= 11 is 3.48. The van der Waals surface area contributed by atoms with Gasteiger partial charge in [0.05, 0.1) is 22.2 Å². The summed E-state index contributed by atoms with van der Waals surface area (Å²) < 4.78 is 8.33. The van der Waals surface area contributed by atoms with E-state index in [-0.39, 0.29) is 5.97 Å². The first kappa shape index (κ1) is 14.5. The first-order valence-corrected chi connectivity index (χ1v) is 9.21. The predicted molar refractivity (Wildman–Crippen MR) is 92.4 cm³/mol. The zero-order valence-corrected chi connectivity index (χ0v) is 14.1. The Balaban J connectivity index is 1.95. The van der Waals surface area contributed by atoms with Gasteiger partial charge in [-0.2, -0.15) is 5.10 Å². The number of para-hydroxylation sites is 1. The number of rotatable bonds is 3. The molecule has 2 aromatic heterocycles. The Morgan fingerprint density at radius 1 is 1.30 bits per heavy atom.